The molecule has 0 aliphatic carbocycles. The smallest absolute Gasteiger partial charge is 0.376 e. The fourth-order valence-corrected chi connectivity index (χ4v) is 3.64. The molecule has 4 aromatic rings. The molecule has 0 bridgehead atoms. The van der Waals surface area contributed by atoms with Crippen LogP contribution in [0.15, 0.2) is 84.9 Å². The molecule has 0 spiro atoms. The van der Waals surface area contributed by atoms with E-state index in [9.17, 15) is 27.2 Å². The van der Waals surface area contributed by atoms with Crippen molar-refractivity contribution in [2.75, 3.05) is 34.2 Å². The molecule has 240 valence electrons. The van der Waals surface area contributed by atoms with Crippen LogP contribution in [0.25, 0.3) is 0 Å². The Morgan fingerprint density at radius 1 is 0.644 bits per heavy atom. The summed E-state index contributed by atoms with van der Waals surface area (Å²) in [5.41, 5.74) is -2.33. The molecule has 0 saturated carbocycles. The van der Waals surface area contributed by atoms with Crippen molar-refractivity contribution in [3.63, 3.8) is 0 Å². The van der Waals surface area contributed by atoms with Crippen LogP contribution in [0.3, 0.4) is 0 Å². The van der Waals surface area contributed by atoms with Crippen LogP contribution in [0.1, 0.15) is 13.8 Å². The molecule has 4 nitrogen and oxygen atoms in total. The largest absolute Gasteiger partial charge is 4.00 e. The number of hydrogen-bond donors (Lipinski definition) is 2. The molecule has 0 atom stereocenters. The summed E-state index contributed by atoms with van der Waals surface area (Å²) >= 11 is 22.5. The number of hydrogen-bond acceptors (Lipinski definition) is 2. The van der Waals surface area contributed by atoms with Crippen molar-refractivity contribution in [1.29, 1.82) is 0 Å². The third-order valence-electron chi connectivity index (χ3n) is 5.61. The average Bonchev–Trinajstić information content (AvgIpc) is 3.79. The SMILES string of the molecule is CC(CCl)(CCl)C(=O)Nc1ccc(F)[c-]c1F.CC(CCl)(CCl)C(=O)Nc1ccc(F)[c-]c1F.[Ti+4].c1cc[cH-]c1.c1cc[cH-]c1. The average molecular weight is 740 g/mol. The van der Waals surface area contributed by atoms with Crippen molar-refractivity contribution in [3.05, 3.63) is 120 Å². The van der Waals surface area contributed by atoms with Crippen molar-refractivity contribution in [3.8, 4) is 0 Å². The molecule has 4 aromatic carbocycles. The van der Waals surface area contributed by atoms with Crippen LogP contribution in [-0.4, -0.2) is 35.3 Å². The topological polar surface area (TPSA) is 58.2 Å². The molecule has 0 aromatic heterocycles. The predicted molar refractivity (Wildman–Crippen MR) is 171 cm³/mol. The Labute approximate surface area is 296 Å². The van der Waals surface area contributed by atoms with E-state index < -0.39 is 45.9 Å². The zero-order valence-corrected chi connectivity index (χ0v) is 28.8. The first-order valence-corrected chi connectivity index (χ1v) is 14.9. The van der Waals surface area contributed by atoms with Gasteiger partial charge in [0.25, 0.3) is 0 Å². The molecule has 0 unspecified atom stereocenters. The van der Waals surface area contributed by atoms with E-state index in [0.717, 1.165) is 24.3 Å². The van der Waals surface area contributed by atoms with Crippen molar-refractivity contribution < 1.29 is 48.9 Å². The first-order valence-electron chi connectivity index (χ1n) is 12.8. The zero-order chi connectivity index (χ0) is 33.2. The van der Waals surface area contributed by atoms with Crippen LogP contribution in [0.5, 0.6) is 0 Å². The van der Waals surface area contributed by atoms with Crippen LogP contribution < -0.4 is 10.6 Å². The Kier molecular flexibility index (Phi) is 21.1. The summed E-state index contributed by atoms with van der Waals surface area (Å²) in [5.74, 6) is -4.68. The molecule has 0 aliphatic heterocycles. The molecule has 0 aliphatic rings. The van der Waals surface area contributed by atoms with Gasteiger partial charge in [-0.1, -0.05) is 0 Å². The van der Waals surface area contributed by atoms with Gasteiger partial charge < -0.3 is 10.6 Å². The number of amides is 2. The van der Waals surface area contributed by atoms with E-state index >= 15 is 0 Å². The van der Waals surface area contributed by atoms with Gasteiger partial charge >= 0.3 is 21.7 Å². The summed E-state index contributed by atoms with van der Waals surface area (Å²) in [6.45, 7) is 3.10. The molecule has 45 heavy (non-hydrogen) atoms. The van der Waals surface area contributed by atoms with Crippen LogP contribution in [-0.2, 0) is 31.3 Å². The maximum Gasteiger partial charge on any atom is 4.00 e. The van der Waals surface area contributed by atoms with Crippen LogP contribution in [0, 0.1) is 46.2 Å². The van der Waals surface area contributed by atoms with E-state index in [2.05, 4.69) is 10.6 Å². The molecule has 0 heterocycles. The van der Waals surface area contributed by atoms with Gasteiger partial charge in [0.15, 0.2) is 0 Å². The van der Waals surface area contributed by atoms with E-state index in [0.29, 0.717) is 0 Å². The Morgan fingerprint density at radius 3 is 1.13 bits per heavy atom. The molecule has 0 radical (unpaired) electrons. The third kappa shape index (κ3) is 15.2. The van der Waals surface area contributed by atoms with Gasteiger partial charge in [-0.25, -0.2) is 41.8 Å². The predicted octanol–water partition coefficient (Wildman–Crippen LogP) is 9.18. The fourth-order valence-electron chi connectivity index (χ4n) is 2.58. The van der Waals surface area contributed by atoms with E-state index in [-0.39, 0.29) is 56.6 Å². The van der Waals surface area contributed by atoms with Crippen molar-refractivity contribution >= 4 is 69.6 Å². The van der Waals surface area contributed by atoms with E-state index in [1.807, 2.05) is 72.8 Å². The number of alkyl halides is 4. The summed E-state index contributed by atoms with van der Waals surface area (Å²) in [7, 11) is 0. The third-order valence-corrected chi connectivity index (χ3v) is 7.97. The molecule has 0 saturated heterocycles. The van der Waals surface area contributed by atoms with E-state index in [1.165, 1.54) is 0 Å². The molecular formula is C32H30Cl4F4N2O2Ti. The van der Waals surface area contributed by atoms with Crippen molar-refractivity contribution in [2.45, 2.75) is 13.8 Å². The minimum atomic E-state index is -1.01. The van der Waals surface area contributed by atoms with Crippen LogP contribution in [0.4, 0.5) is 28.9 Å². The number of carbonyl (C=O) groups excluding carboxylic acids is 2. The summed E-state index contributed by atoms with van der Waals surface area (Å²) in [6, 6.07) is 27.9. The van der Waals surface area contributed by atoms with Crippen molar-refractivity contribution in [1.82, 2.24) is 0 Å². The van der Waals surface area contributed by atoms with Gasteiger partial charge in [0.05, 0.1) is 10.8 Å². The number of nitrogens with one attached hydrogen (secondary N) is 2. The molecular weight excluding hydrogens is 710 g/mol. The van der Waals surface area contributed by atoms with E-state index in [4.69, 9.17) is 46.4 Å². The summed E-state index contributed by atoms with van der Waals surface area (Å²) in [4.78, 5) is 23.6. The van der Waals surface area contributed by atoms with E-state index in [1.54, 1.807) is 13.8 Å². The number of carbonyl (C=O) groups is 2. The Bertz CT molecular complexity index is 1250. The standard InChI is InChI=1S/2C11H10Cl2F2NO.2C5H5.Ti/c2*1-11(5-12,6-13)10(17)16-9-3-2-7(14)4-8(9)15;2*1-2-4-5-3-1;/h2*2-3H,5-6H2,1H3,(H,16,17);2*1-5H;/q4*-1;+4. The second kappa shape index (κ2) is 22.2. The second-order valence-corrected chi connectivity index (χ2v) is 10.6. The Balaban J connectivity index is 0.000000644. The van der Waals surface area contributed by atoms with Crippen molar-refractivity contribution in [2.24, 2.45) is 10.8 Å². The monoisotopic (exact) mass is 738 g/mol. The zero-order valence-electron chi connectivity index (χ0n) is 24.3. The summed E-state index contributed by atoms with van der Waals surface area (Å²) in [6.07, 6.45) is 0. The number of rotatable bonds is 8. The quantitative estimate of drug-likeness (QED) is 0.0820. The number of halogens is 8. The van der Waals surface area contributed by atoms with Gasteiger partial charge in [0.1, 0.15) is 0 Å². The maximum atomic E-state index is 13.2. The van der Waals surface area contributed by atoms with Gasteiger partial charge in [-0.2, -0.15) is 36.4 Å². The molecule has 0 fully saturated rings. The van der Waals surface area contributed by atoms with Gasteiger partial charge in [-0.3, -0.25) is 9.59 Å². The minimum Gasteiger partial charge on any atom is -0.376 e. The first-order chi connectivity index (χ1) is 20.8. The van der Waals surface area contributed by atoms with Gasteiger partial charge in [0.2, 0.25) is 11.8 Å². The Hall–Kier alpha value is -2.33. The number of benzene rings is 2. The summed E-state index contributed by atoms with van der Waals surface area (Å²) < 4.78 is 51.7. The summed E-state index contributed by atoms with van der Waals surface area (Å²) in [5, 5.41) is 4.60. The Morgan fingerprint density at radius 2 is 0.933 bits per heavy atom. The van der Waals surface area contributed by atoms with Gasteiger partial charge in [-0.05, 0) is 25.2 Å². The van der Waals surface area contributed by atoms with Crippen LogP contribution in [0.2, 0.25) is 0 Å². The molecule has 4 rings (SSSR count). The first kappa shape index (κ1) is 42.7. The number of anilines is 2. The molecule has 2 N–H and O–H groups in total. The second-order valence-electron chi connectivity index (χ2n) is 9.56. The fraction of sp³-hybridized carbons (Fsp3) is 0.250. The van der Waals surface area contributed by atoms with Crippen LogP contribution >= 0.6 is 46.4 Å². The minimum absolute atomic E-state index is 0. The maximum absolute atomic E-state index is 13.2. The normalized spacial score (nSPS) is 10.4. The molecule has 2 amide bonds. The van der Waals surface area contributed by atoms with Gasteiger partial charge in [0, 0.05) is 46.8 Å². The molecule has 13 heteroatoms. The van der Waals surface area contributed by atoms with Gasteiger partial charge in [-0.15, -0.1) is 82.8 Å².